The summed E-state index contributed by atoms with van der Waals surface area (Å²) in [5.74, 6) is -1.50. The second kappa shape index (κ2) is 7.25. The Morgan fingerprint density at radius 2 is 1.72 bits per heavy atom. The van der Waals surface area contributed by atoms with Crippen LogP contribution in [0.3, 0.4) is 0 Å². The topological polar surface area (TPSA) is 91.8 Å². The van der Waals surface area contributed by atoms with Gasteiger partial charge >= 0.3 is 5.97 Å². The van der Waals surface area contributed by atoms with Gasteiger partial charge in [0, 0.05) is 10.6 Å². The summed E-state index contributed by atoms with van der Waals surface area (Å²) in [5.41, 5.74) is 1.00. The van der Waals surface area contributed by atoms with Gasteiger partial charge in [-0.05, 0) is 43.7 Å². The number of benzene rings is 2. The van der Waals surface area contributed by atoms with E-state index in [4.69, 9.17) is 16.7 Å². The molecule has 2 rings (SSSR count). The lowest BCUT2D eigenvalue weighted by Gasteiger charge is -2.24. The van der Waals surface area contributed by atoms with E-state index >= 15 is 0 Å². The number of nitrogens with zero attached hydrogens (tertiary/aromatic N) is 1. The molecule has 2 aromatic carbocycles. The number of carbonyl (C=O) groups is 2. The molecule has 0 radical (unpaired) electrons. The van der Waals surface area contributed by atoms with E-state index in [0.29, 0.717) is 16.1 Å². The molecule has 6 nitrogen and oxygen atoms in total. The molecule has 0 aliphatic carbocycles. The van der Waals surface area contributed by atoms with Crippen molar-refractivity contribution in [3.63, 3.8) is 0 Å². The van der Waals surface area contributed by atoms with Crippen LogP contribution in [0.2, 0.25) is 5.02 Å². The van der Waals surface area contributed by atoms with Crippen LogP contribution >= 0.6 is 11.6 Å². The second-order valence-electron chi connectivity index (χ2n) is 5.37. The van der Waals surface area contributed by atoms with Gasteiger partial charge in [0.05, 0.1) is 10.6 Å². The average Bonchev–Trinajstić information content (AvgIpc) is 2.55. The van der Waals surface area contributed by atoms with Gasteiger partial charge in [0.25, 0.3) is 10.0 Å². The summed E-state index contributed by atoms with van der Waals surface area (Å²) in [5, 5.41) is 9.48. The first-order valence-electron chi connectivity index (χ1n) is 7.25. The first kappa shape index (κ1) is 19.0. The number of hydrogen-bond donors (Lipinski definition) is 1. The monoisotopic (exact) mass is 381 g/mol. The quantitative estimate of drug-likeness (QED) is 0.776. The van der Waals surface area contributed by atoms with Gasteiger partial charge in [-0.2, -0.15) is 0 Å². The molecule has 2 aromatic rings. The maximum atomic E-state index is 12.9. The van der Waals surface area contributed by atoms with Crippen molar-refractivity contribution >= 4 is 39.1 Å². The highest BCUT2D eigenvalue weighted by atomic mass is 35.5. The van der Waals surface area contributed by atoms with Gasteiger partial charge in [-0.25, -0.2) is 8.42 Å². The molecular weight excluding hydrogens is 366 g/mol. The molecule has 0 amide bonds. The number of sulfonamides is 1. The molecule has 0 heterocycles. The van der Waals surface area contributed by atoms with Crippen LogP contribution < -0.4 is 4.31 Å². The Kier molecular flexibility index (Phi) is 5.49. The zero-order valence-electron chi connectivity index (χ0n) is 13.6. The Labute approximate surface area is 150 Å². The van der Waals surface area contributed by atoms with Crippen LogP contribution in [0.15, 0.2) is 47.4 Å². The van der Waals surface area contributed by atoms with Crippen molar-refractivity contribution in [1.29, 1.82) is 0 Å². The van der Waals surface area contributed by atoms with Crippen molar-refractivity contribution in [3.05, 3.63) is 58.6 Å². The Morgan fingerprint density at radius 3 is 2.24 bits per heavy atom. The van der Waals surface area contributed by atoms with E-state index < -0.39 is 22.5 Å². The van der Waals surface area contributed by atoms with Crippen molar-refractivity contribution in [2.24, 2.45) is 0 Å². The Bertz CT molecular complexity index is 923. The van der Waals surface area contributed by atoms with Crippen molar-refractivity contribution in [3.8, 4) is 0 Å². The zero-order chi connectivity index (χ0) is 18.8. The number of Topliss-reactive ketones (excluding diaryl/α,β-unsaturated/α-hetero) is 1. The van der Waals surface area contributed by atoms with Crippen molar-refractivity contribution in [2.45, 2.75) is 18.7 Å². The summed E-state index contributed by atoms with van der Waals surface area (Å²) >= 11 is 6.04. The second-order valence-corrected chi connectivity index (χ2v) is 7.64. The van der Waals surface area contributed by atoms with Crippen molar-refractivity contribution < 1.29 is 23.1 Å². The average molecular weight is 382 g/mol. The summed E-state index contributed by atoms with van der Waals surface area (Å²) < 4.78 is 26.7. The molecule has 0 atom stereocenters. The van der Waals surface area contributed by atoms with E-state index in [2.05, 4.69) is 0 Å². The van der Waals surface area contributed by atoms with Crippen LogP contribution in [0.4, 0.5) is 5.69 Å². The third kappa shape index (κ3) is 4.00. The standard InChI is InChI=1S/C17H16ClNO5S/c1-11-15(18)4-3-5-16(11)19(10-17(21)22)25(23,24)14-8-6-13(7-9-14)12(2)20/h3-9H,10H2,1-2H3,(H,21,22). The number of anilines is 1. The van der Waals surface area contributed by atoms with Gasteiger partial charge in [0.15, 0.2) is 5.78 Å². The minimum atomic E-state index is -4.15. The van der Waals surface area contributed by atoms with Gasteiger partial charge in [0.1, 0.15) is 6.54 Å². The van der Waals surface area contributed by atoms with Crippen LogP contribution in [0.25, 0.3) is 0 Å². The van der Waals surface area contributed by atoms with Crippen LogP contribution in [0.5, 0.6) is 0 Å². The Hall–Kier alpha value is -2.38. The molecule has 0 saturated carbocycles. The van der Waals surface area contributed by atoms with E-state index in [1.807, 2.05) is 0 Å². The summed E-state index contributed by atoms with van der Waals surface area (Å²) in [7, 11) is -4.15. The third-order valence-electron chi connectivity index (χ3n) is 3.64. The predicted molar refractivity (Wildman–Crippen MR) is 94.8 cm³/mol. The van der Waals surface area contributed by atoms with E-state index in [0.717, 1.165) is 4.31 Å². The highest BCUT2D eigenvalue weighted by molar-refractivity contribution is 7.92. The van der Waals surface area contributed by atoms with Gasteiger partial charge in [-0.15, -0.1) is 0 Å². The molecule has 0 unspecified atom stereocenters. The lowest BCUT2D eigenvalue weighted by atomic mass is 10.2. The van der Waals surface area contributed by atoms with Gasteiger partial charge < -0.3 is 5.11 Å². The maximum Gasteiger partial charge on any atom is 0.324 e. The predicted octanol–water partition coefficient (Wildman–Crippen LogP) is 3.13. The summed E-state index contributed by atoms with van der Waals surface area (Å²) in [6, 6.07) is 9.96. The molecule has 8 heteroatoms. The molecule has 132 valence electrons. The van der Waals surface area contributed by atoms with Gasteiger partial charge in [-0.1, -0.05) is 29.8 Å². The number of ketones is 1. The van der Waals surface area contributed by atoms with E-state index in [9.17, 15) is 18.0 Å². The number of carboxylic acids is 1. The van der Waals surface area contributed by atoms with E-state index in [-0.39, 0.29) is 16.4 Å². The lowest BCUT2D eigenvalue weighted by molar-refractivity contribution is -0.135. The fourth-order valence-corrected chi connectivity index (χ4v) is 3.92. The molecule has 0 aromatic heterocycles. The first-order valence-corrected chi connectivity index (χ1v) is 9.07. The highest BCUT2D eigenvalue weighted by Crippen LogP contribution is 2.30. The largest absolute Gasteiger partial charge is 0.480 e. The van der Waals surface area contributed by atoms with Crippen molar-refractivity contribution in [1.82, 2.24) is 0 Å². The highest BCUT2D eigenvalue weighted by Gasteiger charge is 2.28. The lowest BCUT2D eigenvalue weighted by Crippen LogP contribution is -2.36. The number of halogens is 1. The molecule has 1 N–H and O–H groups in total. The number of carboxylic acid groups (broad SMARTS) is 1. The number of carbonyl (C=O) groups excluding carboxylic acids is 1. The van der Waals surface area contributed by atoms with Crippen LogP contribution in [0.1, 0.15) is 22.8 Å². The van der Waals surface area contributed by atoms with Gasteiger partial charge in [-0.3, -0.25) is 13.9 Å². The molecule has 0 fully saturated rings. The minimum absolute atomic E-state index is 0.113. The Balaban J connectivity index is 2.58. The molecule has 0 saturated heterocycles. The number of aliphatic carboxylic acids is 1. The van der Waals surface area contributed by atoms with Crippen LogP contribution in [-0.2, 0) is 14.8 Å². The normalized spacial score (nSPS) is 11.2. The van der Waals surface area contributed by atoms with Crippen LogP contribution in [-0.4, -0.2) is 31.8 Å². The Morgan fingerprint density at radius 1 is 1.12 bits per heavy atom. The van der Waals surface area contributed by atoms with Gasteiger partial charge in [0.2, 0.25) is 0 Å². The molecule has 0 aliphatic heterocycles. The third-order valence-corrected chi connectivity index (χ3v) is 5.82. The fourth-order valence-electron chi connectivity index (χ4n) is 2.28. The molecular formula is C17H16ClNO5S. The number of hydrogen-bond acceptors (Lipinski definition) is 4. The maximum absolute atomic E-state index is 12.9. The minimum Gasteiger partial charge on any atom is -0.480 e. The summed E-state index contributed by atoms with van der Waals surface area (Å²) in [6.07, 6.45) is 0. The molecule has 0 bridgehead atoms. The molecule has 0 spiro atoms. The van der Waals surface area contributed by atoms with Crippen LogP contribution in [0, 0.1) is 6.92 Å². The summed E-state index contributed by atoms with van der Waals surface area (Å²) in [4.78, 5) is 22.4. The SMILES string of the molecule is CC(=O)c1ccc(S(=O)(=O)N(CC(=O)O)c2cccc(Cl)c2C)cc1. The van der Waals surface area contributed by atoms with E-state index in [1.54, 1.807) is 19.1 Å². The molecule has 25 heavy (non-hydrogen) atoms. The number of rotatable bonds is 6. The molecule has 0 aliphatic rings. The zero-order valence-corrected chi connectivity index (χ0v) is 15.1. The van der Waals surface area contributed by atoms with E-state index in [1.165, 1.54) is 37.3 Å². The summed E-state index contributed by atoms with van der Waals surface area (Å²) in [6.45, 7) is 2.23. The van der Waals surface area contributed by atoms with Crippen molar-refractivity contribution in [2.75, 3.05) is 10.8 Å². The fraction of sp³-hybridized carbons (Fsp3) is 0.176. The first-order chi connectivity index (χ1) is 11.6. The smallest absolute Gasteiger partial charge is 0.324 e.